The second-order valence-corrected chi connectivity index (χ2v) is 13.3. The fourth-order valence-electron chi connectivity index (χ4n) is 7.16. The van der Waals surface area contributed by atoms with Gasteiger partial charge in [-0.2, -0.15) is 0 Å². The van der Waals surface area contributed by atoms with Crippen molar-refractivity contribution >= 4 is 39.6 Å². The molecule has 3 aliphatic heterocycles. The number of likely N-dealkylation sites (tertiary alicyclic amines) is 1. The Morgan fingerprint density at radius 2 is 2.00 bits per heavy atom. The van der Waals surface area contributed by atoms with Crippen LogP contribution in [0.3, 0.4) is 0 Å². The summed E-state index contributed by atoms with van der Waals surface area (Å²) in [5.41, 5.74) is -0.539. The van der Waals surface area contributed by atoms with E-state index in [1.807, 2.05) is 37.3 Å². The molecule has 2 bridgehead atoms. The number of carbonyl (C=O) groups excluding carboxylic acids is 4. The van der Waals surface area contributed by atoms with Gasteiger partial charge in [-0.25, -0.2) is 0 Å². The third-order valence-corrected chi connectivity index (χ3v) is 10.0. The molecular weight excluding hydrogens is 642 g/mol. The first-order valence-electron chi connectivity index (χ1n) is 15.9. The number of esters is 1. The number of rotatable bonds is 17. The first-order chi connectivity index (χ1) is 21.6. The highest BCUT2D eigenvalue weighted by Gasteiger charge is 2.77. The third-order valence-electron chi connectivity index (χ3n) is 9.19. The lowest BCUT2D eigenvalue weighted by Gasteiger charge is -2.39. The minimum Gasteiger partial charge on any atom is -0.455 e. The summed E-state index contributed by atoms with van der Waals surface area (Å²) in [6, 6.07) is 8.07. The van der Waals surface area contributed by atoms with Crippen molar-refractivity contribution in [1.29, 1.82) is 0 Å². The van der Waals surface area contributed by atoms with E-state index in [2.05, 4.69) is 41.3 Å². The Hall–Kier alpha value is -3.02. The summed E-state index contributed by atoms with van der Waals surface area (Å²) < 4.78 is 12.7. The van der Waals surface area contributed by atoms with Crippen molar-refractivity contribution in [3.8, 4) is 0 Å². The fourth-order valence-corrected chi connectivity index (χ4v) is 8.10. The molecule has 2 N–H and O–H groups in total. The zero-order chi connectivity index (χ0) is 32.7. The number of hydrogen-bond donors (Lipinski definition) is 2. The van der Waals surface area contributed by atoms with Crippen LogP contribution < -0.4 is 5.32 Å². The summed E-state index contributed by atoms with van der Waals surface area (Å²) in [5, 5.41) is 12.5. The Morgan fingerprint density at radius 3 is 2.64 bits per heavy atom. The van der Waals surface area contributed by atoms with Gasteiger partial charge in [0.05, 0.1) is 24.5 Å². The molecule has 45 heavy (non-hydrogen) atoms. The number of nitrogens with zero attached hydrogens (tertiary/aromatic N) is 2. The van der Waals surface area contributed by atoms with Crippen molar-refractivity contribution in [2.45, 2.75) is 87.1 Å². The molecule has 8 atom stereocenters. The summed E-state index contributed by atoms with van der Waals surface area (Å²) in [6.45, 7) is 11.9. The number of alkyl halides is 1. The van der Waals surface area contributed by atoms with Crippen LogP contribution in [0.15, 0.2) is 55.6 Å². The predicted molar refractivity (Wildman–Crippen MR) is 173 cm³/mol. The van der Waals surface area contributed by atoms with Gasteiger partial charge in [-0.1, -0.05) is 71.8 Å². The van der Waals surface area contributed by atoms with Gasteiger partial charge >= 0.3 is 5.97 Å². The van der Waals surface area contributed by atoms with Crippen LogP contribution in [0.5, 0.6) is 0 Å². The van der Waals surface area contributed by atoms with Crippen molar-refractivity contribution in [2.24, 2.45) is 11.8 Å². The Kier molecular flexibility index (Phi) is 12.0. The number of aliphatic hydroxyl groups excluding tert-OH is 1. The van der Waals surface area contributed by atoms with Crippen molar-refractivity contribution in [2.75, 3.05) is 26.2 Å². The van der Waals surface area contributed by atoms with E-state index in [1.54, 1.807) is 17.1 Å². The topological polar surface area (TPSA) is 125 Å². The van der Waals surface area contributed by atoms with Gasteiger partial charge in [0.15, 0.2) is 0 Å². The number of fused-ring (bicyclic) bond motifs is 1. The summed E-state index contributed by atoms with van der Waals surface area (Å²) in [5.74, 6) is -3.29. The summed E-state index contributed by atoms with van der Waals surface area (Å²) in [4.78, 5) is 58.2. The second-order valence-electron chi connectivity index (χ2n) is 12.2. The molecule has 246 valence electrons. The number of allylic oxidation sites excluding steroid dienone is 1. The van der Waals surface area contributed by atoms with Gasteiger partial charge in [0.2, 0.25) is 17.7 Å². The first kappa shape index (κ1) is 34.8. The van der Waals surface area contributed by atoms with Crippen LogP contribution in [0.4, 0.5) is 0 Å². The maximum absolute atomic E-state index is 14.4. The zero-order valence-corrected chi connectivity index (χ0v) is 27.8. The summed E-state index contributed by atoms with van der Waals surface area (Å²) >= 11 is 3.70. The van der Waals surface area contributed by atoms with Crippen LogP contribution in [0, 0.1) is 11.8 Å². The van der Waals surface area contributed by atoms with E-state index in [1.165, 1.54) is 4.90 Å². The first-order valence-corrected chi connectivity index (χ1v) is 16.8. The van der Waals surface area contributed by atoms with Crippen molar-refractivity contribution in [3.63, 3.8) is 0 Å². The van der Waals surface area contributed by atoms with E-state index in [0.29, 0.717) is 24.9 Å². The Bertz CT molecular complexity index is 1250. The summed E-state index contributed by atoms with van der Waals surface area (Å²) in [7, 11) is 0. The predicted octanol–water partition coefficient (Wildman–Crippen LogP) is 3.69. The molecule has 3 aliphatic rings. The molecule has 0 saturated carbocycles. The van der Waals surface area contributed by atoms with Gasteiger partial charge in [0, 0.05) is 37.0 Å². The van der Waals surface area contributed by atoms with Crippen LogP contribution >= 0.6 is 15.9 Å². The smallest absolute Gasteiger partial charge is 0.313 e. The molecule has 1 spiro atoms. The average molecular weight is 689 g/mol. The molecule has 3 fully saturated rings. The van der Waals surface area contributed by atoms with Gasteiger partial charge in [0.1, 0.15) is 17.7 Å². The van der Waals surface area contributed by atoms with Gasteiger partial charge in [0.25, 0.3) is 0 Å². The molecule has 2 unspecified atom stereocenters. The zero-order valence-electron chi connectivity index (χ0n) is 26.2. The second kappa shape index (κ2) is 15.5. The lowest BCUT2D eigenvalue weighted by molar-refractivity contribution is -0.160. The molecule has 0 radical (unpaired) electrons. The molecular formula is C34H46BrN3O7. The third kappa shape index (κ3) is 7.05. The number of amides is 3. The quantitative estimate of drug-likeness (QED) is 0.145. The number of carbonyl (C=O) groups is 4. The highest BCUT2D eigenvalue weighted by Crippen LogP contribution is 2.60. The van der Waals surface area contributed by atoms with E-state index in [9.17, 15) is 24.3 Å². The maximum Gasteiger partial charge on any atom is 0.313 e. The van der Waals surface area contributed by atoms with E-state index in [4.69, 9.17) is 9.47 Å². The van der Waals surface area contributed by atoms with Crippen molar-refractivity contribution < 1.29 is 33.8 Å². The lowest BCUT2D eigenvalue weighted by Crippen LogP contribution is -2.58. The molecule has 3 amide bonds. The van der Waals surface area contributed by atoms with Crippen LogP contribution in [0.1, 0.15) is 64.0 Å². The monoisotopic (exact) mass is 687 g/mol. The van der Waals surface area contributed by atoms with Gasteiger partial charge < -0.3 is 29.7 Å². The van der Waals surface area contributed by atoms with E-state index >= 15 is 0 Å². The Morgan fingerprint density at radius 1 is 1.27 bits per heavy atom. The standard InChI is InChI=1S/C34H46BrN3O7/c1-5-8-16-26(40)36-21-25(23-14-10-9-11-15-23)44-33(43)27-28-31(41)38(18-12-19-39)30(34(28)20-24(35)29(27)45-34)32(42)37(17-7-3)22(4)13-6-2/h5,7,9-11,14-15,22,24-25,27-30,39H,1,3,6,8,12-13,16-21H2,2,4H3,(H,36,40)/t22?,24?,25-,27-,28+,29-,30-,34+/m0/s1. The largest absolute Gasteiger partial charge is 0.455 e. The minimum absolute atomic E-state index is 0.0566. The SMILES string of the molecule is C=CCCC(=O)NC[C@H](OC(=O)[C@@H]1[C@H]2O[C@@]3(CC2Br)[C@H](C(=O)N(CC=C)C(C)CCC)N(CCCO)C(=O)[C@@H]13)c1ccccc1. The van der Waals surface area contributed by atoms with E-state index in [0.717, 1.165) is 12.8 Å². The molecule has 10 nitrogen and oxygen atoms in total. The maximum atomic E-state index is 14.4. The number of ether oxygens (including phenoxy) is 2. The molecule has 0 aromatic heterocycles. The van der Waals surface area contributed by atoms with E-state index in [-0.39, 0.29) is 61.1 Å². The van der Waals surface area contributed by atoms with Gasteiger partial charge in [-0.05, 0) is 38.2 Å². The Labute approximate surface area is 274 Å². The highest BCUT2D eigenvalue weighted by molar-refractivity contribution is 9.09. The van der Waals surface area contributed by atoms with Crippen LogP contribution in [-0.4, -0.2) is 93.5 Å². The highest BCUT2D eigenvalue weighted by atomic mass is 79.9. The normalized spacial score (nSPS) is 27.9. The van der Waals surface area contributed by atoms with Crippen LogP contribution in [0.25, 0.3) is 0 Å². The van der Waals surface area contributed by atoms with Gasteiger partial charge in [-0.15, -0.1) is 13.2 Å². The van der Waals surface area contributed by atoms with Crippen molar-refractivity contribution in [1.82, 2.24) is 15.1 Å². The molecule has 4 rings (SSSR count). The molecule has 3 saturated heterocycles. The van der Waals surface area contributed by atoms with E-state index < -0.39 is 41.7 Å². The molecule has 3 heterocycles. The van der Waals surface area contributed by atoms with Gasteiger partial charge in [-0.3, -0.25) is 19.2 Å². The average Bonchev–Trinajstić information content (AvgIpc) is 3.62. The number of halogens is 1. The minimum atomic E-state index is -1.24. The van der Waals surface area contributed by atoms with Crippen LogP contribution in [0.2, 0.25) is 0 Å². The molecule has 11 heteroatoms. The number of aliphatic hydroxyl groups is 1. The van der Waals surface area contributed by atoms with Crippen LogP contribution in [-0.2, 0) is 28.7 Å². The number of hydrogen-bond acceptors (Lipinski definition) is 7. The molecule has 0 aliphatic carbocycles. The van der Waals surface area contributed by atoms with Crippen molar-refractivity contribution in [3.05, 3.63) is 61.2 Å². The lowest BCUT2D eigenvalue weighted by atomic mass is 9.70. The molecule has 1 aromatic rings. The fraction of sp³-hybridized carbons (Fsp3) is 0.588. The number of nitrogens with one attached hydrogen (secondary N) is 1. The Balaban J connectivity index is 1.66. The molecule has 1 aromatic carbocycles. The number of benzene rings is 1. The summed E-state index contributed by atoms with van der Waals surface area (Å²) in [6.07, 6.45) is 4.95.